The van der Waals surface area contributed by atoms with E-state index >= 15 is 0 Å². The first-order chi connectivity index (χ1) is 6.59. The summed E-state index contributed by atoms with van der Waals surface area (Å²) in [6, 6.07) is 2.78. The van der Waals surface area contributed by atoms with Gasteiger partial charge in [0.1, 0.15) is 0 Å². The fourth-order valence-corrected chi connectivity index (χ4v) is 1.40. The Balaban J connectivity index is 2.73. The summed E-state index contributed by atoms with van der Waals surface area (Å²) in [4.78, 5) is 24.9. The third-order valence-corrected chi connectivity index (χ3v) is 2.29. The monoisotopic (exact) mass is 212 g/mol. The molecule has 0 bridgehead atoms. The maximum Gasteiger partial charge on any atom is 0.335 e. The van der Waals surface area contributed by atoms with Gasteiger partial charge < -0.3 is 10.8 Å². The summed E-state index contributed by atoms with van der Waals surface area (Å²) in [5.41, 5.74) is 5.08. The maximum atomic E-state index is 10.6. The number of pyridine rings is 1. The molecule has 1 heterocycles. The van der Waals surface area contributed by atoms with Crippen LogP contribution in [0.2, 0.25) is 0 Å². The number of aromatic nitrogens is 1. The Kier molecular flexibility index (Phi) is 3.47. The normalized spacial score (nSPS) is 9.71. The topological polar surface area (TPSA) is 93.3 Å². The lowest BCUT2D eigenvalue weighted by atomic mass is 10.3. The Morgan fingerprint density at radius 1 is 1.57 bits per heavy atom. The number of hydrogen-bond acceptors (Lipinski definition) is 4. The van der Waals surface area contributed by atoms with Crippen molar-refractivity contribution in [1.29, 1.82) is 0 Å². The van der Waals surface area contributed by atoms with E-state index in [1.807, 2.05) is 0 Å². The molecule has 6 heteroatoms. The Morgan fingerprint density at radius 3 is 2.86 bits per heavy atom. The van der Waals surface area contributed by atoms with Gasteiger partial charge in [-0.2, -0.15) is 0 Å². The second kappa shape index (κ2) is 4.61. The summed E-state index contributed by atoms with van der Waals surface area (Å²) in [7, 11) is 0. The first-order valence-electron chi connectivity index (χ1n) is 3.70. The summed E-state index contributed by atoms with van der Waals surface area (Å²) in [6.07, 6.45) is 1.38. The van der Waals surface area contributed by atoms with Gasteiger partial charge in [0.05, 0.1) is 16.3 Å². The number of nitrogens with two attached hydrogens (primary N) is 1. The molecule has 1 aromatic rings. The standard InChI is InChI=1S/C8H8N2O3S/c9-6(11)4-14-7-3-5(8(12)13)1-2-10-7/h1-3H,4H2,(H2,9,11)(H,12,13). The number of thioether (sulfide) groups is 1. The van der Waals surface area contributed by atoms with Crippen molar-refractivity contribution in [3.8, 4) is 0 Å². The molecule has 0 aliphatic carbocycles. The molecule has 0 fully saturated rings. The molecule has 0 aliphatic rings. The van der Waals surface area contributed by atoms with Gasteiger partial charge >= 0.3 is 5.97 Å². The Hall–Kier alpha value is -1.56. The molecular formula is C8H8N2O3S. The molecular weight excluding hydrogens is 204 g/mol. The van der Waals surface area contributed by atoms with Gasteiger partial charge in [0.2, 0.25) is 5.91 Å². The van der Waals surface area contributed by atoms with Crippen LogP contribution in [0.15, 0.2) is 23.4 Å². The zero-order chi connectivity index (χ0) is 10.6. The number of rotatable bonds is 4. The van der Waals surface area contributed by atoms with E-state index in [1.165, 1.54) is 18.3 Å². The quantitative estimate of drug-likeness (QED) is 0.703. The number of primary amides is 1. The molecule has 74 valence electrons. The summed E-state index contributed by atoms with van der Waals surface area (Å²) in [6.45, 7) is 0. The average Bonchev–Trinajstić information content (AvgIpc) is 2.15. The number of hydrogen-bond donors (Lipinski definition) is 2. The van der Waals surface area contributed by atoms with Crippen LogP contribution in [0.5, 0.6) is 0 Å². The average molecular weight is 212 g/mol. The van der Waals surface area contributed by atoms with E-state index in [4.69, 9.17) is 10.8 Å². The van der Waals surface area contributed by atoms with Crippen LogP contribution in [0.4, 0.5) is 0 Å². The summed E-state index contributed by atoms with van der Waals surface area (Å²) in [5.74, 6) is -1.39. The highest BCUT2D eigenvalue weighted by molar-refractivity contribution is 7.99. The van der Waals surface area contributed by atoms with E-state index in [2.05, 4.69) is 4.98 Å². The third kappa shape index (κ3) is 3.06. The van der Waals surface area contributed by atoms with Crippen LogP contribution >= 0.6 is 11.8 Å². The molecule has 0 saturated carbocycles. The van der Waals surface area contributed by atoms with E-state index in [0.29, 0.717) is 5.03 Å². The lowest BCUT2D eigenvalue weighted by molar-refractivity contribution is -0.115. The van der Waals surface area contributed by atoms with Crippen LogP contribution < -0.4 is 5.73 Å². The Bertz CT molecular complexity index is 367. The number of amides is 1. The van der Waals surface area contributed by atoms with E-state index in [0.717, 1.165) is 11.8 Å². The Labute approximate surface area is 84.3 Å². The van der Waals surface area contributed by atoms with Crippen molar-refractivity contribution < 1.29 is 14.7 Å². The van der Waals surface area contributed by atoms with Gasteiger partial charge in [-0.25, -0.2) is 9.78 Å². The molecule has 0 atom stereocenters. The van der Waals surface area contributed by atoms with Crippen LogP contribution in [0, 0.1) is 0 Å². The molecule has 0 aliphatic heterocycles. The van der Waals surface area contributed by atoms with Gasteiger partial charge in [0.15, 0.2) is 0 Å². The summed E-state index contributed by atoms with van der Waals surface area (Å²) < 4.78 is 0. The molecule has 3 N–H and O–H groups in total. The summed E-state index contributed by atoms with van der Waals surface area (Å²) in [5, 5.41) is 9.13. The van der Waals surface area contributed by atoms with Gasteiger partial charge in [-0.05, 0) is 12.1 Å². The van der Waals surface area contributed by atoms with Crippen LogP contribution in [-0.2, 0) is 4.79 Å². The minimum Gasteiger partial charge on any atom is -0.478 e. The highest BCUT2D eigenvalue weighted by atomic mass is 32.2. The van der Waals surface area contributed by atoms with Crippen molar-refractivity contribution in [3.63, 3.8) is 0 Å². The number of aromatic carboxylic acids is 1. The molecule has 0 spiro atoms. The van der Waals surface area contributed by atoms with Crippen molar-refractivity contribution in [2.45, 2.75) is 5.03 Å². The minimum atomic E-state index is -1.02. The first kappa shape index (κ1) is 10.5. The molecule has 0 aromatic carbocycles. The number of carbonyl (C=O) groups is 2. The minimum absolute atomic E-state index is 0.0933. The maximum absolute atomic E-state index is 10.6. The number of nitrogens with zero attached hydrogens (tertiary/aromatic N) is 1. The predicted octanol–water partition coefficient (Wildman–Crippen LogP) is 0.357. The highest BCUT2D eigenvalue weighted by Crippen LogP contribution is 2.15. The molecule has 1 amide bonds. The van der Waals surface area contributed by atoms with Gasteiger partial charge in [-0.1, -0.05) is 11.8 Å². The van der Waals surface area contributed by atoms with Crippen molar-refractivity contribution in [2.75, 3.05) is 5.75 Å². The van der Waals surface area contributed by atoms with Gasteiger partial charge in [-0.3, -0.25) is 4.79 Å². The SMILES string of the molecule is NC(=O)CSc1cc(C(=O)O)ccn1. The van der Waals surface area contributed by atoms with E-state index in [1.54, 1.807) is 0 Å². The predicted molar refractivity (Wildman–Crippen MR) is 51.1 cm³/mol. The van der Waals surface area contributed by atoms with Crippen molar-refractivity contribution in [2.24, 2.45) is 5.73 Å². The van der Waals surface area contributed by atoms with E-state index in [9.17, 15) is 9.59 Å². The second-order valence-electron chi connectivity index (χ2n) is 2.44. The Morgan fingerprint density at radius 2 is 2.29 bits per heavy atom. The zero-order valence-corrected chi connectivity index (χ0v) is 7.95. The summed E-state index contributed by atoms with van der Waals surface area (Å²) >= 11 is 1.11. The number of carboxylic acids is 1. The smallest absolute Gasteiger partial charge is 0.335 e. The van der Waals surface area contributed by atoms with Crippen LogP contribution in [0.3, 0.4) is 0 Å². The molecule has 1 aromatic heterocycles. The lowest BCUT2D eigenvalue weighted by Gasteiger charge is -1.98. The van der Waals surface area contributed by atoms with Crippen LogP contribution in [-0.4, -0.2) is 27.7 Å². The molecule has 0 saturated heterocycles. The highest BCUT2D eigenvalue weighted by Gasteiger charge is 2.05. The fourth-order valence-electron chi connectivity index (χ4n) is 0.766. The third-order valence-electron chi connectivity index (χ3n) is 1.34. The molecule has 0 radical (unpaired) electrons. The van der Waals surface area contributed by atoms with Crippen molar-refractivity contribution >= 4 is 23.6 Å². The van der Waals surface area contributed by atoms with Gasteiger partial charge in [0.25, 0.3) is 0 Å². The molecule has 14 heavy (non-hydrogen) atoms. The van der Waals surface area contributed by atoms with Crippen molar-refractivity contribution in [3.05, 3.63) is 23.9 Å². The first-order valence-corrected chi connectivity index (χ1v) is 4.68. The second-order valence-corrected chi connectivity index (χ2v) is 3.44. The lowest BCUT2D eigenvalue weighted by Crippen LogP contribution is -2.13. The number of carboxylic acid groups (broad SMARTS) is 1. The largest absolute Gasteiger partial charge is 0.478 e. The van der Waals surface area contributed by atoms with Crippen LogP contribution in [0.1, 0.15) is 10.4 Å². The van der Waals surface area contributed by atoms with E-state index in [-0.39, 0.29) is 11.3 Å². The molecule has 0 unspecified atom stereocenters. The van der Waals surface area contributed by atoms with Crippen LogP contribution in [0.25, 0.3) is 0 Å². The van der Waals surface area contributed by atoms with Gasteiger partial charge in [0, 0.05) is 6.20 Å². The zero-order valence-electron chi connectivity index (χ0n) is 7.14. The van der Waals surface area contributed by atoms with Crippen molar-refractivity contribution in [1.82, 2.24) is 4.98 Å². The number of carbonyl (C=O) groups excluding carboxylic acids is 1. The fraction of sp³-hybridized carbons (Fsp3) is 0.125. The van der Waals surface area contributed by atoms with E-state index < -0.39 is 11.9 Å². The molecule has 1 rings (SSSR count). The molecule has 5 nitrogen and oxygen atoms in total. The van der Waals surface area contributed by atoms with Gasteiger partial charge in [-0.15, -0.1) is 0 Å².